The Bertz CT molecular complexity index is 569. The van der Waals surface area contributed by atoms with Crippen molar-refractivity contribution < 1.29 is 14.3 Å². The number of carbonyl (C=O) groups excluding carboxylic acids is 1. The lowest BCUT2D eigenvalue weighted by Gasteiger charge is -2.33. The normalized spacial score (nSPS) is 19.2. The summed E-state index contributed by atoms with van der Waals surface area (Å²) in [5.41, 5.74) is 2.50. The minimum absolute atomic E-state index is 0.0955. The van der Waals surface area contributed by atoms with Crippen LogP contribution in [0.25, 0.3) is 0 Å². The molecule has 1 aliphatic heterocycles. The topological polar surface area (TPSA) is 50.8 Å². The fourth-order valence-corrected chi connectivity index (χ4v) is 2.95. The van der Waals surface area contributed by atoms with Gasteiger partial charge >= 0.3 is 0 Å². The Labute approximate surface area is 131 Å². The summed E-state index contributed by atoms with van der Waals surface area (Å²) in [6.45, 7) is 3.65. The first-order valence-electron chi connectivity index (χ1n) is 7.90. The van der Waals surface area contributed by atoms with Gasteiger partial charge in [0.15, 0.2) is 11.5 Å². The van der Waals surface area contributed by atoms with E-state index in [0.29, 0.717) is 6.04 Å². The smallest absolute Gasteiger partial charge is 0.237 e. The molecule has 0 bridgehead atoms. The van der Waals surface area contributed by atoms with Gasteiger partial charge in [-0.2, -0.15) is 0 Å². The number of benzene rings is 1. The summed E-state index contributed by atoms with van der Waals surface area (Å²) in [6, 6.07) is 4.41. The average molecular weight is 304 g/mol. The van der Waals surface area contributed by atoms with Crippen LogP contribution >= 0.6 is 0 Å². The van der Waals surface area contributed by atoms with Gasteiger partial charge in [-0.3, -0.25) is 9.69 Å². The third-order valence-corrected chi connectivity index (χ3v) is 4.60. The molecular formula is C17H24N2O3. The number of fused-ring (bicyclic) bond motifs is 1. The monoisotopic (exact) mass is 304 g/mol. The number of carbonyl (C=O) groups is 1. The van der Waals surface area contributed by atoms with Crippen molar-refractivity contribution in [2.75, 3.05) is 20.8 Å². The van der Waals surface area contributed by atoms with Crippen LogP contribution in [0.5, 0.6) is 11.5 Å². The molecule has 0 radical (unpaired) electrons. The molecule has 1 aromatic rings. The van der Waals surface area contributed by atoms with Crippen molar-refractivity contribution in [2.24, 2.45) is 0 Å². The number of rotatable bonds is 5. The van der Waals surface area contributed by atoms with Crippen LogP contribution in [0.15, 0.2) is 12.1 Å². The molecule has 3 rings (SSSR count). The van der Waals surface area contributed by atoms with Gasteiger partial charge in [-0.1, -0.05) is 0 Å². The second kappa shape index (κ2) is 6.16. The van der Waals surface area contributed by atoms with E-state index in [1.54, 1.807) is 14.2 Å². The van der Waals surface area contributed by atoms with Crippen molar-refractivity contribution >= 4 is 5.91 Å². The van der Waals surface area contributed by atoms with Crippen molar-refractivity contribution in [1.82, 2.24) is 10.2 Å². The first kappa shape index (κ1) is 15.2. The molecule has 1 aromatic carbocycles. The van der Waals surface area contributed by atoms with Crippen LogP contribution in [0.4, 0.5) is 0 Å². The van der Waals surface area contributed by atoms with Gasteiger partial charge in [0, 0.05) is 19.1 Å². The maximum Gasteiger partial charge on any atom is 0.237 e. The van der Waals surface area contributed by atoms with E-state index >= 15 is 0 Å². The van der Waals surface area contributed by atoms with E-state index in [1.165, 1.54) is 11.1 Å². The molecule has 1 fully saturated rings. The van der Waals surface area contributed by atoms with Crippen molar-refractivity contribution in [1.29, 1.82) is 0 Å². The Balaban J connectivity index is 1.73. The van der Waals surface area contributed by atoms with E-state index in [0.717, 1.165) is 43.9 Å². The summed E-state index contributed by atoms with van der Waals surface area (Å²) in [6.07, 6.45) is 3.17. The molecule has 1 atom stereocenters. The molecular weight excluding hydrogens is 280 g/mol. The van der Waals surface area contributed by atoms with E-state index in [1.807, 2.05) is 13.0 Å². The van der Waals surface area contributed by atoms with Crippen LogP contribution in [0.2, 0.25) is 0 Å². The van der Waals surface area contributed by atoms with Crippen molar-refractivity contribution in [3.8, 4) is 11.5 Å². The highest BCUT2D eigenvalue weighted by Gasteiger charge is 2.30. The predicted octanol–water partition coefficient (Wildman–Crippen LogP) is 1.73. The Morgan fingerprint density at radius 2 is 1.86 bits per heavy atom. The number of hydrogen-bond acceptors (Lipinski definition) is 4. The molecule has 1 heterocycles. The maximum absolute atomic E-state index is 12.2. The summed E-state index contributed by atoms with van der Waals surface area (Å²) in [7, 11) is 3.31. The molecule has 1 aliphatic carbocycles. The van der Waals surface area contributed by atoms with Crippen LogP contribution < -0.4 is 14.8 Å². The average Bonchev–Trinajstić information content (AvgIpc) is 3.36. The first-order valence-corrected chi connectivity index (χ1v) is 7.90. The lowest BCUT2D eigenvalue weighted by Crippen LogP contribution is -2.47. The lowest BCUT2D eigenvalue weighted by atomic mass is 9.97. The Morgan fingerprint density at radius 1 is 1.23 bits per heavy atom. The lowest BCUT2D eigenvalue weighted by molar-refractivity contribution is -0.126. The number of amides is 1. The number of ether oxygens (including phenoxy) is 2. The third kappa shape index (κ3) is 3.04. The summed E-state index contributed by atoms with van der Waals surface area (Å²) in [5.74, 6) is 1.67. The summed E-state index contributed by atoms with van der Waals surface area (Å²) in [4.78, 5) is 14.5. The van der Waals surface area contributed by atoms with Gasteiger partial charge in [-0.15, -0.1) is 0 Å². The van der Waals surface area contributed by atoms with Crippen LogP contribution in [0.3, 0.4) is 0 Å². The fourth-order valence-electron chi connectivity index (χ4n) is 2.95. The minimum Gasteiger partial charge on any atom is -0.493 e. The second-order valence-corrected chi connectivity index (χ2v) is 6.16. The zero-order valence-electron chi connectivity index (χ0n) is 13.5. The highest BCUT2D eigenvalue weighted by atomic mass is 16.5. The molecule has 22 heavy (non-hydrogen) atoms. The summed E-state index contributed by atoms with van der Waals surface area (Å²) < 4.78 is 10.7. The van der Waals surface area contributed by atoms with Crippen molar-refractivity contribution in [3.63, 3.8) is 0 Å². The third-order valence-electron chi connectivity index (χ3n) is 4.60. The Hall–Kier alpha value is -1.75. The van der Waals surface area contributed by atoms with E-state index in [9.17, 15) is 4.79 Å². The highest BCUT2D eigenvalue weighted by Crippen LogP contribution is 2.33. The van der Waals surface area contributed by atoms with Gasteiger partial charge in [-0.05, 0) is 49.4 Å². The molecule has 1 amide bonds. The second-order valence-electron chi connectivity index (χ2n) is 6.16. The van der Waals surface area contributed by atoms with Crippen LogP contribution in [-0.4, -0.2) is 43.7 Å². The van der Waals surface area contributed by atoms with Gasteiger partial charge in [0.05, 0.1) is 20.3 Å². The quantitative estimate of drug-likeness (QED) is 0.900. The van der Waals surface area contributed by atoms with Crippen molar-refractivity contribution in [3.05, 3.63) is 23.3 Å². The molecule has 5 nitrogen and oxygen atoms in total. The fraction of sp³-hybridized carbons (Fsp3) is 0.588. The van der Waals surface area contributed by atoms with Crippen LogP contribution in [-0.2, 0) is 17.8 Å². The molecule has 1 N–H and O–H groups in total. The van der Waals surface area contributed by atoms with Crippen LogP contribution in [0, 0.1) is 0 Å². The molecule has 1 saturated carbocycles. The zero-order chi connectivity index (χ0) is 15.7. The number of nitrogens with zero attached hydrogens (tertiary/aromatic N) is 1. The van der Waals surface area contributed by atoms with E-state index in [4.69, 9.17) is 9.47 Å². The molecule has 0 spiro atoms. The van der Waals surface area contributed by atoms with E-state index in [2.05, 4.69) is 16.3 Å². The summed E-state index contributed by atoms with van der Waals surface area (Å²) >= 11 is 0. The molecule has 0 saturated heterocycles. The van der Waals surface area contributed by atoms with Gasteiger partial charge < -0.3 is 14.8 Å². The van der Waals surface area contributed by atoms with E-state index < -0.39 is 0 Å². The molecule has 0 aromatic heterocycles. The van der Waals surface area contributed by atoms with Gasteiger partial charge in [0.1, 0.15) is 0 Å². The molecule has 2 aliphatic rings. The predicted molar refractivity (Wildman–Crippen MR) is 84.3 cm³/mol. The molecule has 0 unspecified atom stereocenters. The maximum atomic E-state index is 12.2. The number of hydrogen-bond donors (Lipinski definition) is 1. The molecule has 120 valence electrons. The highest BCUT2D eigenvalue weighted by molar-refractivity contribution is 5.81. The van der Waals surface area contributed by atoms with Crippen molar-refractivity contribution in [2.45, 2.75) is 44.8 Å². The SMILES string of the molecule is COc1cc2c(cc1OC)CN([C@H](C)C(=O)NC1CC1)CC2. The Morgan fingerprint density at radius 3 is 2.45 bits per heavy atom. The number of methoxy groups -OCH3 is 2. The zero-order valence-corrected chi connectivity index (χ0v) is 13.5. The largest absolute Gasteiger partial charge is 0.493 e. The van der Waals surface area contributed by atoms with Gasteiger partial charge in [0.2, 0.25) is 5.91 Å². The minimum atomic E-state index is -0.0955. The van der Waals surface area contributed by atoms with Gasteiger partial charge in [0.25, 0.3) is 0 Å². The molecule has 5 heteroatoms. The standard InChI is InChI=1S/C17H24N2O3/c1-11(17(20)18-14-4-5-14)19-7-6-12-8-15(21-2)16(22-3)9-13(12)10-19/h8-9,11,14H,4-7,10H2,1-3H3,(H,18,20)/t11-/m1/s1. The van der Waals surface area contributed by atoms with Gasteiger partial charge in [-0.25, -0.2) is 0 Å². The first-order chi connectivity index (χ1) is 10.6. The number of nitrogens with one attached hydrogen (secondary N) is 1. The van der Waals surface area contributed by atoms with Crippen LogP contribution in [0.1, 0.15) is 30.9 Å². The van der Waals surface area contributed by atoms with E-state index in [-0.39, 0.29) is 11.9 Å². The summed E-state index contributed by atoms with van der Waals surface area (Å²) in [5, 5.41) is 3.09. The Kier molecular flexibility index (Phi) is 4.25.